The summed E-state index contributed by atoms with van der Waals surface area (Å²) in [5.41, 5.74) is 2.11. The molecule has 4 rings (SSSR count). The van der Waals surface area contributed by atoms with Crippen LogP contribution in [0.5, 0.6) is 0 Å². The van der Waals surface area contributed by atoms with Crippen LogP contribution in [0.4, 0.5) is 5.88 Å². The summed E-state index contributed by atoms with van der Waals surface area (Å²) >= 11 is 3.24. The maximum atomic E-state index is 12.6. The summed E-state index contributed by atoms with van der Waals surface area (Å²) in [6.45, 7) is 1.63. The quantitative estimate of drug-likeness (QED) is 0.755. The van der Waals surface area contributed by atoms with Crippen LogP contribution < -0.4 is 10.9 Å². The Morgan fingerprint density at radius 1 is 1.36 bits per heavy atom. The minimum Gasteiger partial charge on any atom is -0.338 e. The van der Waals surface area contributed by atoms with Crippen LogP contribution in [0.15, 0.2) is 39.0 Å². The number of nitrogens with zero attached hydrogens (tertiary/aromatic N) is 3. The summed E-state index contributed by atoms with van der Waals surface area (Å²) < 4.78 is 6.40. The third-order valence-electron chi connectivity index (χ3n) is 3.94. The normalized spacial score (nSPS) is 14.3. The van der Waals surface area contributed by atoms with Crippen molar-refractivity contribution >= 4 is 34.9 Å². The summed E-state index contributed by atoms with van der Waals surface area (Å²) in [5.74, 6) is 1.54. The largest absolute Gasteiger partial charge is 0.338 e. The number of rotatable bonds is 4. The maximum absolute atomic E-state index is 12.6. The molecule has 0 aliphatic carbocycles. The van der Waals surface area contributed by atoms with Gasteiger partial charge in [0.25, 0.3) is 11.5 Å². The summed E-state index contributed by atoms with van der Waals surface area (Å²) in [6, 6.07) is 6.14. The fourth-order valence-corrected chi connectivity index (χ4v) is 4.25. The lowest BCUT2D eigenvalue weighted by atomic mass is 10.2. The SMILES string of the molecule is CC(C(=O)Nc1onc2c1CSC2)n1nc(-c2cccs2)ccc1=O. The van der Waals surface area contributed by atoms with Crippen molar-refractivity contribution in [3.05, 3.63) is 51.3 Å². The Balaban J connectivity index is 1.59. The van der Waals surface area contributed by atoms with Crippen LogP contribution >= 0.6 is 23.1 Å². The van der Waals surface area contributed by atoms with Crippen molar-refractivity contribution in [1.82, 2.24) is 14.9 Å². The van der Waals surface area contributed by atoms with Gasteiger partial charge >= 0.3 is 0 Å². The number of carbonyl (C=O) groups is 1. The van der Waals surface area contributed by atoms with Gasteiger partial charge in [-0.2, -0.15) is 16.9 Å². The first-order valence-corrected chi connectivity index (χ1v) is 9.66. The van der Waals surface area contributed by atoms with Crippen LogP contribution in [-0.4, -0.2) is 20.8 Å². The first kappa shape index (κ1) is 16.1. The lowest BCUT2D eigenvalue weighted by molar-refractivity contribution is -0.119. The highest BCUT2D eigenvalue weighted by molar-refractivity contribution is 7.98. The smallest absolute Gasteiger partial charge is 0.267 e. The standard InChI is InChI=1S/C16H14N4O3S2/c1-9(15(22)17-16-10-7-24-8-12(10)19-23-16)20-14(21)5-4-11(18-20)13-3-2-6-25-13/h2-6,9H,7-8H2,1H3,(H,17,22). The lowest BCUT2D eigenvalue weighted by Crippen LogP contribution is -2.33. The van der Waals surface area contributed by atoms with Crippen molar-refractivity contribution in [1.29, 1.82) is 0 Å². The zero-order valence-electron chi connectivity index (χ0n) is 13.3. The van der Waals surface area contributed by atoms with Crippen molar-refractivity contribution in [2.24, 2.45) is 0 Å². The maximum Gasteiger partial charge on any atom is 0.267 e. The molecule has 0 aromatic carbocycles. The Morgan fingerprint density at radius 3 is 3.04 bits per heavy atom. The summed E-state index contributed by atoms with van der Waals surface area (Å²) in [5, 5.41) is 13.0. The van der Waals surface area contributed by atoms with Crippen molar-refractivity contribution in [3.8, 4) is 10.6 Å². The van der Waals surface area contributed by atoms with E-state index in [0.717, 1.165) is 27.6 Å². The van der Waals surface area contributed by atoms with Crippen LogP contribution in [0.25, 0.3) is 10.6 Å². The molecule has 0 radical (unpaired) electrons. The van der Waals surface area contributed by atoms with Gasteiger partial charge in [0.15, 0.2) is 0 Å². The number of anilines is 1. The van der Waals surface area contributed by atoms with E-state index >= 15 is 0 Å². The summed E-state index contributed by atoms with van der Waals surface area (Å²) in [4.78, 5) is 25.7. The van der Waals surface area contributed by atoms with E-state index in [1.54, 1.807) is 24.8 Å². The minimum atomic E-state index is -0.776. The van der Waals surface area contributed by atoms with Gasteiger partial charge in [-0.05, 0) is 24.4 Å². The second-order valence-corrected chi connectivity index (χ2v) is 7.51. The second kappa shape index (κ2) is 6.49. The first-order chi connectivity index (χ1) is 12.1. The molecule has 0 spiro atoms. The van der Waals surface area contributed by atoms with E-state index in [9.17, 15) is 9.59 Å². The van der Waals surface area contributed by atoms with Crippen molar-refractivity contribution in [2.45, 2.75) is 24.5 Å². The van der Waals surface area contributed by atoms with E-state index in [4.69, 9.17) is 4.52 Å². The predicted molar refractivity (Wildman–Crippen MR) is 96.7 cm³/mol. The molecular weight excluding hydrogens is 360 g/mol. The van der Waals surface area contributed by atoms with Gasteiger partial charge in [0.2, 0.25) is 5.88 Å². The van der Waals surface area contributed by atoms with Crippen molar-refractivity contribution in [3.63, 3.8) is 0 Å². The number of carbonyl (C=O) groups excluding carboxylic acids is 1. The van der Waals surface area contributed by atoms with Gasteiger partial charge in [-0.3, -0.25) is 14.9 Å². The van der Waals surface area contributed by atoms with E-state index in [-0.39, 0.29) is 11.5 Å². The number of fused-ring (bicyclic) bond motifs is 1. The van der Waals surface area contributed by atoms with E-state index in [2.05, 4.69) is 15.6 Å². The molecule has 1 aliphatic heterocycles. The molecule has 4 heterocycles. The molecule has 3 aromatic rings. The number of amides is 1. The minimum absolute atomic E-state index is 0.332. The number of hydrogen-bond acceptors (Lipinski definition) is 7. The molecule has 1 N–H and O–H groups in total. The molecule has 0 saturated carbocycles. The molecule has 7 nitrogen and oxygen atoms in total. The topological polar surface area (TPSA) is 90.0 Å². The monoisotopic (exact) mass is 374 g/mol. The number of aromatic nitrogens is 3. The van der Waals surface area contributed by atoms with E-state index < -0.39 is 6.04 Å². The van der Waals surface area contributed by atoms with Crippen LogP contribution in [0.1, 0.15) is 24.2 Å². The lowest BCUT2D eigenvalue weighted by Gasteiger charge is -2.13. The number of thiophene rings is 1. The van der Waals surface area contributed by atoms with Crippen molar-refractivity contribution < 1.29 is 9.32 Å². The fourth-order valence-electron chi connectivity index (χ4n) is 2.54. The Morgan fingerprint density at radius 2 is 2.24 bits per heavy atom. The third kappa shape index (κ3) is 3.00. The molecule has 1 atom stereocenters. The molecule has 25 heavy (non-hydrogen) atoms. The van der Waals surface area contributed by atoms with Gasteiger partial charge in [-0.15, -0.1) is 11.3 Å². The molecule has 1 aliphatic rings. The van der Waals surface area contributed by atoms with Crippen LogP contribution in [0.2, 0.25) is 0 Å². The zero-order valence-corrected chi connectivity index (χ0v) is 14.9. The molecule has 1 unspecified atom stereocenters. The van der Waals surface area contributed by atoms with Gasteiger partial charge in [-0.1, -0.05) is 11.2 Å². The van der Waals surface area contributed by atoms with Gasteiger partial charge in [-0.25, -0.2) is 4.68 Å². The number of hydrogen-bond donors (Lipinski definition) is 1. The first-order valence-electron chi connectivity index (χ1n) is 7.63. The average Bonchev–Trinajstić information content (AvgIpc) is 3.34. The Bertz CT molecular complexity index is 978. The molecule has 3 aromatic heterocycles. The fraction of sp³-hybridized carbons (Fsp3) is 0.250. The second-order valence-electron chi connectivity index (χ2n) is 5.57. The van der Waals surface area contributed by atoms with E-state index in [1.807, 2.05) is 17.5 Å². The molecule has 0 fully saturated rings. The molecule has 0 bridgehead atoms. The van der Waals surface area contributed by atoms with E-state index in [0.29, 0.717) is 11.6 Å². The number of thioether (sulfide) groups is 1. The molecule has 1 amide bonds. The molecular formula is C16H14N4O3S2. The van der Waals surface area contributed by atoms with Gasteiger partial charge in [0.05, 0.1) is 16.1 Å². The van der Waals surface area contributed by atoms with Crippen LogP contribution in [0, 0.1) is 0 Å². The molecule has 9 heteroatoms. The Hall–Kier alpha value is -2.39. The highest BCUT2D eigenvalue weighted by Gasteiger charge is 2.25. The van der Waals surface area contributed by atoms with Gasteiger partial charge in [0, 0.05) is 17.6 Å². The highest BCUT2D eigenvalue weighted by atomic mass is 32.2. The summed E-state index contributed by atoms with van der Waals surface area (Å²) in [6.07, 6.45) is 0. The van der Waals surface area contributed by atoms with Crippen molar-refractivity contribution in [2.75, 3.05) is 5.32 Å². The Kier molecular flexibility index (Phi) is 4.18. The van der Waals surface area contributed by atoms with Crippen LogP contribution in [0.3, 0.4) is 0 Å². The molecule has 0 saturated heterocycles. The average molecular weight is 374 g/mol. The van der Waals surface area contributed by atoms with Gasteiger partial charge < -0.3 is 4.52 Å². The Labute approximate surface area is 151 Å². The zero-order chi connectivity index (χ0) is 17.4. The highest BCUT2D eigenvalue weighted by Crippen LogP contribution is 2.34. The number of nitrogens with one attached hydrogen (secondary N) is 1. The summed E-state index contributed by atoms with van der Waals surface area (Å²) in [7, 11) is 0. The third-order valence-corrected chi connectivity index (χ3v) is 5.80. The predicted octanol–water partition coefficient (Wildman–Crippen LogP) is 2.91. The van der Waals surface area contributed by atoms with Crippen LogP contribution in [-0.2, 0) is 16.3 Å². The molecule has 128 valence electrons. The van der Waals surface area contributed by atoms with Gasteiger partial charge in [0.1, 0.15) is 11.7 Å². The van der Waals surface area contributed by atoms with E-state index in [1.165, 1.54) is 22.1 Å².